The number of para-hydroxylation sites is 1. The molecule has 7 heteroatoms. The highest BCUT2D eigenvalue weighted by atomic mass is 16.5. The highest BCUT2D eigenvalue weighted by Crippen LogP contribution is 2.38. The number of H-pyrrole nitrogens is 1. The number of aromatic amines is 1. The SMILES string of the molecule is O=C(Cc1c[nH]c2ccccc12)NC1COCC1n1nc(C2CC2)ccc1=O. The highest BCUT2D eigenvalue weighted by molar-refractivity contribution is 5.88. The van der Waals surface area contributed by atoms with Crippen LogP contribution in [-0.4, -0.2) is 39.9 Å². The van der Waals surface area contributed by atoms with Crippen LogP contribution in [0.5, 0.6) is 0 Å². The van der Waals surface area contributed by atoms with E-state index >= 15 is 0 Å². The largest absolute Gasteiger partial charge is 0.377 e. The van der Waals surface area contributed by atoms with Crippen LogP contribution in [0.15, 0.2) is 47.4 Å². The molecule has 1 amide bonds. The smallest absolute Gasteiger partial charge is 0.267 e. The molecule has 0 bridgehead atoms. The zero-order chi connectivity index (χ0) is 19.1. The molecule has 0 spiro atoms. The maximum Gasteiger partial charge on any atom is 0.267 e. The Hall–Kier alpha value is -2.93. The maximum atomic E-state index is 12.7. The van der Waals surface area contributed by atoms with Crippen LogP contribution in [0.25, 0.3) is 10.9 Å². The highest BCUT2D eigenvalue weighted by Gasteiger charge is 2.34. The van der Waals surface area contributed by atoms with Gasteiger partial charge in [-0.1, -0.05) is 18.2 Å². The monoisotopic (exact) mass is 378 g/mol. The Balaban J connectivity index is 1.32. The number of carbonyl (C=O) groups excluding carboxylic acids is 1. The molecular weight excluding hydrogens is 356 g/mol. The van der Waals surface area contributed by atoms with Crippen molar-refractivity contribution in [3.8, 4) is 0 Å². The van der Waals surface area contributed by atoms with Crippen LogP contribution in [0.2, 0.25) is 0 Å². The molecule has 0 radical (unpaired) electrons. The molecule has 2 atom stereocenters. The molecule has 3 aromatic rings. The average molecular weight is 378 g/mol. The van der Waals surface area contributed by atoms with Crippen molar-refractivity contribution in [1.29, 1.82) is 0 Å². The fraction of sp³-hybridized carbons (Fsp3) is 0.381. The van der Waals surface area contributed by atoms with Crippen LogP contribution in [0.1, 0.15) is 36.1 Å². The van der Waals surface area contributed by atoms with E-state index in [1.807, 2.05) is 36.5 Å². The van der Waals surface area contributed by atoms with Gasteiger partial charge in [0.2, 0.25) is 5.91 Å². The van der Waals surface area contributed by atoms with E-state index in [2.05, 4.69) is 15.4 Å². The van der Waals surface area contributed by atoms with E-state index in [0.717, 1.165) is 35.0 Å². The van der Waals surface area contributed by atoms with Gasteiger partial charge in [-0.05, 0) is 30.5 Å². The third-order valence-corrected chi connectivity index (χ3v) is 5.58. The normalized spacial score (nSPS) is 21.9. The van der Waals surface area contributed by atoms with Gasteiger partial charge in [0, 0.05) is 29.1 Å². The molecule has 1 aromatic carbocycles. The van der Waals surface area contributed by atoms with Crippen molar-refractivity contribution in [1.82, 2.24) is 20.1 Å². The van der Waals surface area contributed by atoms with Crippen molar-refractivity contribution in [3.63, 3.8) is 0 Å². The van der Waals surface area contributed by atoms with E-state index in [1.165, 1.54) is 4.68 Å². The van der Waals surface area contributed by atoms with Crippen molar-refractivity contribution in [2.75, 3.05) is 13.2 Å². The fourth-order valence-corrected chi connectivity index (χ4v) is 3.91. The maximum absolute atomic E-state index is 12.7. The van der Waals surface area contributed by atoms with E-state index in [0.29, 0.717) is 19.1 Å². The van der Waals surface area contributed by atoms with E-state index in [1.54, 1.807) is 6.07 Å². The Labute approximate surface area is 161 Å². The predicted octanol–water partition coefficient (Wildman–Crippen LogP) is 1.90. The van der Waals surface area contributed by atoms with Gasteiger partial charge in [0.05, 0.1) is 31.4 Å². The van der Waals surface area contributed by atoms with Crippen LogP contribution >= 0.6 is 0 Å². The molecule has 1 aliphatic carbocycles. The molecule has 2 aliphatic rings. The topological polar surface area (TPSA) is 89.0 Å². The van der Waals surface area contributed by atoms with Gasteiger partial charge in [0.25, 0.3) is 5.56 Å². The molecule has 2 unspecified atom stereocenters. The van der Waals surface area contributed by atoms with E-state index < -0.39 is 0 Å². The van der Waals surface area contributed by atoms with Gasteiger partial charge >= 0.3 is 0 Å². The minimum atomic E-state index is -0.280. The van der Waals surface area contributed by atoms with Gasteiger partial charge in [-0.3, -0.25) is 9.59 Å². The van der Waals surface area contributed by atoms with E-state index in [9.17, 15) is 9.59 Å². The minimum absolute atomic E-state index is 0.0864. The summed E-state index contributed by atoms with van der Waals surface area (Å²) < 4.78 is 7.08. The van der Waals surface area contributed by atoms with Crippen LogP contribution in [0.4, 0.5) is 0 Å². The van der Waals surface area contributed by atoms with Crippen molar-refractivity contribution in [2.45, 2.75) is 37.3 Å². The van der Waals surface area contributed by atoms with Gasteiger partial charge in [-0.2, -0.15) is 5.10 Å². The van der Waals surface area contributed by atoms with Crippen molar-refractivity contribution < 1.29 is 9.53 Å². The lowest BCUT2D eigenvalue weighted by molar-refractivity contribution is -0.121. The zero-order valence-electron chi connectivity index (χ0n) is 15.4. The summed E-state index contributed by atoms with van der Waals surface area (Å²) in [5.41, 5.74) is 2.76. The average Bonchev–Trinajstić information content (AvgIpc) is 3.33. The first-order chi connectivity index (χ1) is 13.7. The number of hydrogen-bond donors (Lipinski definition) is 2. The Bertz CT molecular complexity index is 1080. The number of nitrogens with one attached hydrogen (secondary N) is 2. The second-order valence-electron chi connectivity index (χ2n) is 7.63. The van der Waals surface area contributed by atoms with Gasteiger partial charge in [-0.25, -0.2) is 4.68 Å². The Morgan fingerprint density at radius 1 is 1.21 bits per heavy atom. The first-order valence-electron chi connectivity index (χ1n) is 9.71. The lowest BCUT2D eigenvalue weighted by atomic mass is 10.1. The van der Waals surface area contributed by atoms with Crippen LogP contribution in [0.3, 0.4) is 0 Å². The zero-order valence-corrected chi connectivity index (χ0v) is 15.4. The van der Waals surface area contributed by atoms with Crippen molar-refractivity contribution >= 4 is 16.8 Å². The second-order valence-corrected chi connectivity index (χ2v) is 7.63. The molecule has 1 saturated heterocycles. The summed E-state index contributed by atoms with van der Waals surface area (Å²) in [5, 5.41) is 8.65. The molecule has 1 aliphatic heterocycles. The van der Waals surface area contributed by atoms with Gasteiger partial charge in [0.15, 0.2) is 0 Å². The molecule has 1 saturated carbocycles. The quantitative estimate of drug-likeness (QED) is 0.710. The first kappa shape index (κ1) is 17.2. The third-order valence-electron chi connectivity index (χ3n) is 5.58. The van der Waals surface area contributed by atoms with Crippen molar-refractivity contribution in [3.05, 3.63) is 64.2 Å². The number of amides is 1. The molecule has 28 heavy (non-hydrogen) atoms. The molecular formula is C21H22N4O3. The summed E-state index contributed by atoms with van der Waals surface area (Å²) in [6.07, 6.45) is 4.39. The molecule has 7 nitrogen and oxygen atoms in total. The van der Waals surface area contributed by atoms with Crippen LogP contribution < -0.4 is 10.9 Å². The molecule has 3 heterocycles. The predicted molar refractivity (Wildman–Crippen MR) is 104 cm³/mol. The number of ether oxygens (including phenoxy) is 1. The van der Waals surface area contributed by atoms with Crippen LogP contribution in [-0.2, 0) is 16.0 Å². The fourth-order valence-electron chi connectivity index (χ4n) is 3.91. The Morgan fingerprint density at radius 3 is 2.93 bits per heavy atom. The Morgan fingerprint density at radius 2 is 2.07 bits per heavy atom. The van der Waals surface area contributed by atoms with Crippen LogP contribution in [0, 0.1) is 0 Å². The molecule has 2 fully saturated rings. The summed E-state index contributed by atoms with van der Waals surface area (Å²) in [6, 6.07) is 10.8. The molecule has 144 valence electrons. The lowest BCUT2D eigenvalue weighted by Gasteiger charge is -2.20. The summed E-state index contributed by atoms with van der Waals surface area (Å²) in [5.74, 6) is 0.376. The number of aromatic nitrogens is 3. The number of fused-ring (bicyclic) bond motifs is 1. The number of rotatable bonds is 5. The summed E-state index contributed by atoms with van der Waals surface area (Å²) >= 11 is 0. The molecule has 2 aromatic heterocycles. The van der Waals surface area contributed by atoms with Gasteiger partial charge in [0.1, 0.15) is 6.04 Å². The number of hydrogen-bond acceptors (Lipinski definition) is 4. The third kappa shape index (κ3) is 3.22. The number of nitrogens with zero attached hydrogens (tertiary/aromatic N) is 2. The van der Waals surface area contributed by atoms with E-state index in [4.69, 9.17) is 4.74 Å². The first-order valence-corrected chi connectivity index (χ1v) is 9.71. The molecule has 2 N–H and O–H groups in total. The number of benzene rings is 1. The van der Waals surface area contributed by atoms with Crippen molar-refractivity contribution in [2.24, 2.45) is 0 Å². The molecule has 5 rings (SSSR count). The summed E-state index contributed by atoms with van der Waals surface area (Å²) in [4.78, 5) is 28.2. The Kier molecular flexibility index (Phi) is 4.24. The minimum Gasteiger partial charge on any atom is -0.377 e. The number of carbonyl (C=O) groups is 1. The van der Waals surface area contributed by atoms with E-state index in [-0.39, 0.29) is 30.0 Å². The second kappa shape index (κ2) is 6.91. The van der Waals surface area contributed by atoms with Gasteiger partial charge < -0.3 is 15.0 Å². The lowest BCUT2D eigenvalue weighted by Crippen LogP contribution is -2.44. The van der Waals surface area contributed by atoms with Gasteiger partial charge in [-0.15, -0.1) is 0 Å². The standard InChI is InChI=1S/C21H22N4O3/c26-20(9-14-10-22-17-4-2-1-3-15(14)17)23-18-11-28-12-19(18)25-21(27)8-7-16(24-25)13-5-6-13/h1-4,7-8,10,13,18-19,22H,5-6,9,11-12H2,(H,23,26). The summed E-state index contributed by atoms with van der Waals surface area (Å²) in [7, 11) is 0. The summed E-state index contributed by atoms with van der Waals surface area (Å²) in [6.45, 7) is 0.755.